The molecule has 6 nitrogen and oxygen atoms in total. The highest BCUT2D eigenvalue weighted by Gasteiger charge is 2.18. The predicted molar refractivity (Wildman–Crippen MR) is 109 cm³/mol. The maximum Gasteiger partial charge on any atom is 0.226 e. The fraction of sp³-hybridized carbons (Fsp3) is 0.190. The normalized spacial score (nSPS) is 10.9. The Morgan fingerprint density at radius 3 is 2.50 bits per heavy atom. The van der Waals surface area contributed by atoms with Gasteiger partial charge in [0.15, 0.2) is 5.16 Å². The highest BCUT2D eigenvalue weighted by molar-refractivity contribution is 7.98. The van der Waals surface area contributed by atoms with E-state index in [1.54, 1.807) is 18.9 Å². The largest absolute Gasteiger partial charge is 0.495 e. The Morgan fingerprint density at radius 1 is 1.00 bits per heavy atom. The van der Waals surface area contributed by atoms with Crippen molar-refractivity contribution >= 4 is 11.8 Å². The number of aromatic nitrogens is 4. The maximum atomic E-state index is 5.63. The van der Waals surface area contributed by atoms with Crippen LogP contribution in [0.15, 0.2) is 70.4 Å². The van der Waals surface area contributed by atoms with Crippen molar-refractivity contribution in [1.82, 2.24) is 19.7 Å². The molecule has 0 aliphatic rings. The van der Waals surface area contributed by atoms with Gasteiger partial charge in [0.1, 0.15) is 5.75 Å². The lowest BCUT2D eigenvalue weighted by atomic mass is 10.1. The number of thioether (sulfide) groups is 1. The van der Waals surface area contributed by atoms with Gasteiger partial charge < -0.3 is 9.15 Å². The number of hydrogen-bond donors (Lipinski definition) is 0. The Bertz CT molecular complexity index is 1060. The van der Waals surface area contributed by atoms with E-state index in [1.807, 2.05) is 55.6 Å². The van der Waals surface area contributed by atoms with Gasteiger partial charge in [0.05, 0.1) is 30.4 Å². The molecular weight excluding hydrogens is 372 g/mol. The van der Waals surface area contributed by atoms with E-state index in [0.717, 1.165) is 34.3 Å². The molecule has 2 aromatic carbocycles. The van der Waals surface area contributed by atoms with Gasteiger partial charge in [0, 0.05) is 12.0 Å². The van der Waals surface area contributed by atoms with Gasteiger partial charge in [-0.3, -0.25) is 4.57 Å². The van der Waals surface area contributed by atoms with Crippen molar-refractivity contribution in [2.24, 2.45) is 0 Å². The van der Waals surface area contributed by atoms with Gasteiger partial charge in [-0.25, -0.2) is 4.98 Å². The number of para-hydroxylation sites is 2. The molecule has 4 rings (SSSR count). The number of methoxy groups -OCH3 is 1. The monoisotopic (exact) mass is 392 g/mol. The molecule has 0 saturated heterocycles. The van der Waals surface area contributed by atoms with Crippen LogP contribution >= 0.6 is 11.8 Å². The molecule has 0 unspecified atom stereocenters. The van der Waals surface area contributed by atoms with Gasteiger partial charge in [-0.2, -0.15) is 0 Å². The summed E-state index contributed by atoms with van der Waals surface area (Å²) in [4.78, 5) is 4.67. The molecular formula is C21H20N4O2S. The fourth-order valence-corrected chi connectivity index (χ4v) is 3.73. The molecule has 142 valence electrons. The number of benzene rings is 2. The molecule has 0 saturated carbocycles. The topological polar surface area (TPSA) is 66.0 Å². The number of ether oxygens (including phenoxy) is 1. The fourth-order valence-electron chi connectivity index (χ4n) is 2.91. The molecule has 0 amide bonds. The summed E-state index contributed by atoms with van der Waals surface area (Å²) < 4.78 is 13.3. The zero-order valence-electron chi connectivity index (χ0n) is 15.7. The van der Waals surface area contributed by atoms with Gasteiger partial charge in [-0.05, 0) is 12.1 Å². The Kier molecular flexibility index (Phi) is 5.43. The maximum absolute atomic E-state index is 5.63. The number of nitrogens with zero attached hydrogens (tertiary/aromatic N) is 4. The van der Waals surface area contributed by atoms with Crippen molar-refractivity contribution in [1.29, 1.82) is 0 Å². The third-order valence-corrected chi connectivity index (χ3v) is 5.20. The van der Waals surface area contributed by atoms with Gasteiger partial charge in [-0.1, -0.05) is 61.2 Å². The minimum Gasteiger partial charge on any atom is -0.495 e. The summed E-state index contributed by atoms with van der Waals surface area (Å²) in [5, 5.41) is 8.97. The van der Waals surface area contributed by atoms with Gasteiger partial charge in [0.25, 0.3) is 0 Å². The van der Waals surface area contributed by atoms with E-state index in [9.17, 15) is 0 Å². The highest BCUT2D eigenvalue weighted by atomic mass is 32.2. The zero-order chi connectivity index (χ0) is 19.3. The number of imidazole rings is 1. The van der Waals surface area contributed by atoms with Crippen LogP contribution in [-0.4, -0.2) is 26.9 Å². The molecule has 28 heavy (non-hydrogen) atoms. The van der Waals surface area contributed by atoms with Crippen LogP contribution in [0.5, 0.6) is 5.75 Å². The van der Waals surface area contributed by atoms with Crippen molar-refractivity contribution in [3.63, 3.8) is 0 Å². The molecule has 0 radical (unpaired) electrons. The summed E-state index contributed by atoms with van der Waals surface area (Å²) in [6.07, 6.45) is 2.61. The van der Waals surface area contributed by atoms with Crippen LogP contribution in [0.1, 0.15) is 18.7 Å². The second kappa shape index (κ2) is 8.31. The summed E-state index contributed by atoms with van der Waals surface area (Å²) in [7, 11) is 1.68. The summed E-state index contributed by atoms with van der Waals surface area (Å²) >= 11 is 1.55. The molecule has 0 aliphatic carbocycles. The van der Waals surface area contributed by atoms with Crippen molar-refractivity contribution in [3.8, 4) is 22.7 Å². The molecule has 2 heterocycles. The Hall–Kier alpha value is -3.06. The van der Waals surface area contributed by atoms with E-state index in [2.05, 4.69) is 31.9 Å². The molecule has 0 fully saturated rings. The van der Waals surface area contributed by atoms with Crippen LogP contribution in [-0.2, 0) is 12.2 Å². The Morgan fingerprint density at radius 2 is 1.75 bits per heavy atom. The first-order valence-electron chi connectivity index (χ1n) is 9.00. The third-order valence-electron chi connectivity index (χ3n) is 4.26. The first-order chi connectivity index (χ1) is 13.8. The summed E-state index contributed by atoms with van der Waals surface area (Å²) in [5.41, 5.74) is 3.01. The van der Waals surface area contributed by atoms with Crippen molar-refractivity contribution in [2.45, 2.75) is 24.3 Å². The second-order valence-corrected chi connectivity index (χ2v) is 6.97. The minimum atomic E-state index is 0.549. The van der Waals surface area contributed by atoms with E-state index >= 15 is 0 Å². The van der Waals surface area contributed by atoms with Crippen LogP contribution in [0.2, 0.25) is 0 Å². The van der Waals surface area contributed by atoms with E-state index in [-0.39, 0.29) is 0 Å². The van der Waals surface area contributed by atoms with E-state index in [0.29, 0.717) is 17.5 Å². The number of hydrogen-bond acceptors (Lipinski definition) is 6. The smallest absolute Gasteiger partial charge is 0.226 e. The molecule has 0 N–H and O–H groups in total. The summed E-state index contributed by atoms with van der Waals surface area (Å²) in [6.45, 7) is 1.99. The summed E-state index contributed by atoms with van der Waals surface area (Å²) in [6, 6.07) is 18.1. The first-order valence-corrected chi connectivity index (χ1v) is 9.99. The standard InChI is InChI=1S/C21H20N4O2S/c1-3-19-23-24-20(27-19)14-28-21-22-13-17(15-9-5-4-6-10-15)25(21)16-11-7-8-12-18(16)26-2/h4-13H,3,14H2,1-2H3. The quantitative estimate of drug-likeness (QED) is 0.422. The van der Waals surface area contributed by atoms with Crippen molar-refractivity contribution < 1.29 is 9.15 Å². The van der Waals surface area contributed by atoms with E-state index in [4.69, 9.17) is 9.15 Å². The Balaban J connectivity index is 1.75. The highest BCUT2D eigenvalue weighted by Crippen LogP contribution is 2.34. The molecule has 4 aromatic rings. The second-order valence-electron chi connectivity index (χ2n) is 6.03. The SMILES string of the molecule is CCc1nnc(CSc2ncc(-c3ccccc3)n2-c2ccccc2OC)o1. The lowest BCUT2D eigenvalue weighted by molar-refractivity contribution is 0.412. The first kappa shape index (κ1) is 18.3. The van der Waals surface area contributed by atoms with Crippen LogP contribution in [0.3, 0.4) is 0 Å². The molecule has 0 bridgehead atoms. The van der Waals surface area contributed by atoms with Crippen molar-refractivity contribution in [2.75, 3.05) is 7.11 Å². The molecule has 0 atom stereocenters. The van der Waals surface area contributed by atoms with Gasteiger partial charge in [0.2, 0.25) is 11.8 Å². The molecule has 0 spiro atoms. The minimum absolute atomic E-state index is 0.549. The van der Waals surface area contributed by atoms with E-state index < -0.39 is 0 Å². The summed E-state index contributed by atoms with van der Waals surface area (Å²) in [5.74, 6) is 2.57. The molecule has 7 heteroatoms. The lowest BCUT2D eigenvalue weighted by Crippen LogP contribution is -2.02. The third kappa shape index (κ3) is 3.66. The van der Waals surface area contributed by atoms with Crippen LogP contribution in [0.25, 0.3) is 16.9 Å². The van der Waals surface area contributed by atoms with Crippen LogP contribution in [0, 0.1) is 0 Å². The van der Waals surface area contributed by atoms with Gasteiger partial charge in [-0.15, -0.1) is 10.2 Å². The van der Waals surface area contributed by atoms with Gasteiger partial charge >= 0.3 is 0 Å². The average molecular weight is 392 g/mol. The lowest BCUT2D eigenvalue weighted by Gasteiger charge is -2.15. The molecule has 2 aromatic heterocycles. The van der Waals surface area contributed by atoms with Crippen LogP contribution < -0.4 is 4.74 Å². The van der Waals surface area contributed by atoms with Crippen LogP contribution in [0.4, 0.5) is 0 Å². The zero-order valence-corrected chi connectivity index (χ0v) is 16.5. The number of rotatable bonds is 7. The van der Waals surface area contributed by atoms with Crippen molar-refractivity contribution in [3.05, 3.63) is 72.6 Å². The molecule has 0 aliphatic heterocycles. The average Bonchev–Trinajstić information content (AvgIpc) is 3.39. The number of aryl methyl sites for hydroxylation is 1. The van der Waals surface area contributed by atoms with E-state index in [1.165, 1.54) is 0 Å². The Labute approximate surface area is 167 Å². The predicted octanol–water partition coefficient (Wildman–Crippen LogP) is 4.79.